The quantitative estimate of drug-likeness (QED) is 0.693. The summed E-state index contributed by atoms with van der Waals surface area (Å²) >= 11 is 0. The Hall–Kier alpha value is -2.59. The molecule has 2 aromatic carbocycles. The van der Waals surface area contributed by atoms with Crippen molar-refractivity contribution in [1.82, 2.24) is 0 Å². The van der Waals surface area contributed by atoms with Gasteiger partial charge in [-0.1, -0.05) is 30.3 Å². The molecule has 1 aromatic heterocycles. The summed E-state index contributed by atoms with van der Waals surface area (Å²) in [6, 6.07) is 14.8. The minimum absolute atomic E-state index is 0.0375. The van der Waals surface area contributed by atoms with Crippen LogP contribution in [0.1, 0.15) is 0 Å². The van der Waals surface area contributed by atoms with Gasteiger partial charge in [0.05, 0.1) is 17.6 Å². The first-order chi connectivity index (χ1) is 10.8. The molecule has 2 heterocycles. The van der Waals surface area contributed by atoms with Crippen molar-refractivity contribution < 1.29 is 13.9 Å². The van der Waals surface area contributed by atoms with Crippen LogP contribution in [0.5, 0.6) is 5.75 Å². The number of ether oxygens (including phenoxy) is 2. The van der Waals surface area contributed by atoms with E-state index in [4.69, 9.17) is 13.9 Å². The molecular weight excluding hydrogens is 280 g/mol. The van der Waals surface area contributed by atoms with E-state index in [0.717, 1.165) is 12.2 Å². The molecule has 4 heteroatoms. The van der Waals surface area contributed by atoms with Gasteiger partial charge in [0.25, 0.3) is 0 Å². The molecule has 1 unspecified atom stereocenters. The first-order valence-electron chi connectivity index (χ1n) is 7.17. The van der Waals surface area contributed by atoms with E-state index in [1.165, 1.54) is 6.26 Å². The molecule has 4 rings (SSSR count). The van der Waals surface area contributed by atoms with Crippen LogP contribution >= 0.6 is 0 Å². The molecule has 0 bridgehead atoms. The zero-order valence-electron chi connectivity index (χ0n) is 11.8. The first-order valence-corrected chi connectivity index (χ1v) is 7.17. The van der Waals surface area contributed by atoms with Crippen molar-refractivity contribution in [3.05, 3.63) is 65.0 Å². The van der Waals surface area contributed by atoms with E-state index < -0.39 is 0 Å². The van der Waals surface area contributed by atoms with E-state index in [9.17, 15) is 4.79 Å². The molecule has 1 fully saturated rings. The molecule has 0 radical (unpaired) electrons. The summed E-state index contributed by atoms with van der Waals surface area (Å²) in [6.07, 6.45) is 1.71. The molecule has 0 saturated carbocycles. The topological polar surface area (TPSA) is 52.0 Å². The van der Waals surface area contributed by atoms with E-state index in [1.807, 2.05) is 30.3 Å². The van der Waals surface area contributed by atoms with Crippen LogP contribution in [0.25, 0.3) is 22.1 Å². The Balaban J connectivity index is 1.72. The third-order valence-electron chi connectivity index (χ3n) is 3.67. The lowest BCUT2D eigenvalue weighted by molar-refractivity contribution is 0.263. The number of hydrogen-bond acceptors (Lipinski definition) is 4. The standard InChI is InChI=1S/C18H14O4/c19-18-15-7-6-13(20-9-14-10-21-14)8-17(15)22-11-16(18)12-4-2-1-3-5-12/h1-8,11,14H,9-10H2. The molecule has 1 aliphatic heterocycles. The molecule has 0 amide bonds. The normalized spacial score (nSPS) is 16.6. The molecule has 3 aromatic rings. The van der Waals surface area contributed by atoms with E-state index in [-0.39, 0.29) is 11.5 Å². The fraction of sp³-hybridized carbons (Fsp3) is 0.167. The van der Waals surface area contributed by atoms with Crippen LogP contribution in [0.15, 0.2) is 64.0 Å². The van der Waals surface area contributed by atoms with Gasteiger partial charge in [0.1, 0.15) is 30.3 Å². The third kappa shape index (κ3) is 2.49. The van der Waals surface area contributed by atoms with Crippen molar-refractivity contribution in [2.24, 2.45) is 0 Å². The molecule has 0 aliphatic carbocycles. The lowest BCUT2D eigenvalue weighted by atomic mass is 10.1. The van der Waals surface area contributed by atoms with Crippen LogP contribution in [0.3, 0.4) is 0 Å². The van der Waals surface area contributed by atoms with Crippen molar-refractivity contribution in [1.29, 1.82) is 0 Å². The summed E-state index contributed by atoms with van der Waals surface area (Å²) in [6.45, 7) is 1.28. The highest BCUT2D eigenvalue weighted by Gasteiger charge is 2.23. The molecule has 22 heavy (non-hydrogen) atoms. The smallest absolute Gasteiger partial charge is 0.200 e. The van der Waals surface area contributed by atoms with Crippen LogP contribution in [0.2, 0.25) is 0 Å². The lowest BCUT2D eigenvalue weighted by Gasteiger charge is -2.06. The van der Waals surface area contributed by atoms with Crippen molar-refractivity contribution in [3.63, 3.8) is 0 Å². The van der Waals surface area contributed by atoms with Crippen molar-refractivity contribution in [3.8, 4) is 16.9 Å². The minimum atomic E-state index is -0.0375. The number of benzene rings is 2. The van der Waals surface area contributed by atoms with Gasteiger partial charge in [-0.2, -0.15) is 0 Å². The minimum Gasteiger partial charge on any atom is -0.491 e. The molecule has 0 N–H and O–H groups in total. The predicted molar refractivity (Wildman–Crippen MR) is 83.2 cm³/mol. The fourth-order valence-electron chi connectivity index (χ4n) is 2.37. The zero-order valence-corrected chi connectivity index (χ0v) is 11.8. The summed E-state index contributed by atoms with van der Waals surface area (Å²) in [5, 5.41) is 0.552. The largest absolute Gasteiger partial charge is 0.491 e. The lowest BCUT2D eigenvalue weighted by Crippen LogP contribution is -2.06. The Kier molecular flexibility index (Phi) is 3.16. The van der Waals surface area contributed by atoms with Crippen molar-refractivity contribution in [2.45, 2.75) is 6.10 Å². The Morgan fingerprint density at radius 2 is 1.95 bits per heavy atom. The van der Waals surface area contributed by atoms with E-state index >= 15 is 0 Å². The number of fused-ring (bicyclic) bond motifs is 1. The zero-order chi connectivity index (χ0) is 14.9. The van der Waals surface area contributed by atoms with Gasteiger partial charge >= 0.3 is 0 Å². The van der Waals surface area contributed by atoms with Gasteiger partial charge in [-0.25, -0.2) is 0 Å². The maximum atomic E-state index is 12.6. The third-order valence-corrected chi connectivity index (χ3v) is 3.67. The summed E-state index contributed by atoms with van der Waals surface area (Å²) in [4.78, 5) is 12.6. The van der Waals surface area contributed by atoms with E-state index in [2.05, 4.69) is 0 Å². The second-order valence-corrected chi connectivity index (χ2v) is 5.27. The van der Waals surface area contributed by atoms with E-state index in [1.54, 1.807) is 18.2 Å². The Morgan fingerprint density at radius 3 is 2.73 bits per heavy atom. The summed E-state index contributed by atoms with van der Waals surface area (Å²) in [5.74, 6) is 0.679. The number of hydrogen-bond donors (Lipinski definition) is 0. The second-order valence-electron chi connectivity index (χ2n) is 5.27. The highest BCUT2D eigenvalue weighted by molar-refractivity contribution is 5.82. The van der Waals surface area contributed by atoms with Crippen LogP contribution in [-0.4, -0.2) is 19.3 Å². The molecular formula is C18H14O4. The van der Waals surface area contributed by atoms with Crippen LogP contribution in [0.4, 0.5) is 0 Å². The summed E-state index contributed by atoms with van der Waals surface area (Å²) in [5.41, 5.74) is 1.90. The highest BCUT2D eigenvalue weighted by Crippen LogP contribution is 2.23. The number of epoxide rings is 1. The van der Waals surface area contributed by atoms with Crippen LogP contribution in [-0.2, 0) is 4.74 Å². The second kappa shape index (κ2) is 5.31. The van der Waals surface area contributed by atoms with Gasteiger partial charge in [0, 0.05) is 6.07 Å². The van der Waals surface area contributed by atoms with Crippen LogP contribution < -0.4 is 10.2 Å². The summed E-state index contributed by atoms with van der Waals surface area (Å²) in [7, 11) is 0. The average molecular weight is 294 g/mol. The van der Waals surface area contributed by atoms with Gasteiger partial charge in [-0.05, 0) is 17.7 Å². The van der Waals surface area contributed by atoms with Crippen molar-refractivity contribution >= 4 is 11.0 Å². The average Bonchev–Trinajstić information content (AvgIpc) is 3.38. The molecule has 1 saturated heterocycles. The number of rotatable bonds is 4. The highest BCUT2D eigenvalue weighted by atomic mass is 16.6. The van der Waals surface area contributed by atoms with Crippen molar-refractivity contribution in [2.75, 3.05) is 13.2 Å². The molecule has 1 aliphatic rings. The van der Waals surface area contributed by atoms with Gasteiger partial charge < -0.3 is 13.9 Å². The Labute approximate surface area is 126 Å². The van der Waals surface area contributed by atoms with E-state index in [0.29, 0.717) is 28.9 Å². The Bertz CT molecular complexity index is 863. The molecule has 4 nitrogen and oxygen atoms in total. The first kappa shape index (κ1) is 13.1. The predicted octanol–water partition coefficient (Wildman–Crippen LogP) is 3.24. The Morgan fingerprint density at radius 1 is 1.14 bits per heavy atom. The van der Waals surface area contributed by atoms with Gasteiger partial charge in [0.2, 0.25) is 0 Å². The maximum absolute atomic E-state index is 12.6. The molecule has 0 spiro atoms. The van der Waals surface area contributed by atoms with Crippen LogP contribution in [0, 0.1) is 0 Å². The molecule has 1 atom stereocenters. The maximum Gasteiger partial charge on any atom is 0.200 e. The fourth-order valence-corrected chi connectivity index (χ4v) is 2.37. The SMILES string of the molecule is O=c1c(-c2ccccc2)coc2cc(OCC3CO3)ccc12. The van der Waals surface area contributed by atoms with Gasteiger partial charge in [-0.3, -0.25) is 4.79 Å². The molecule has 110 valence electrons. The van der Waals surface area contributed by atoms with Gasteiger partial charge in [-0.15, -0.1) is 0 Å². The van der Waals surface area contributed by atoms with Gasteiger partial charge in [0.15, 0.2) is 5.43 Å². The summed E-state index contributed by atoms with van der Waals surface area (Å²) < 4.78 is 16.3. The monoisotopic (exact) mass is 294 g/mol.